The first-order valence-corrected chi connectivity index (χ1v) is 17.6. The molecule has 226 valence electrons. The van der Waals surface area contributed by atoms with Gasteiger partial charge >= 0.3 is 0 Å². The van der Waals surface area contributed by atoms with Crippen molar-refractivity contribution in [3.8, 4) is 0 Å². The predicted octanol–water partition coefficient (Wildman–Crippen LogP) is -0.781. The lowest BCUT2D eigenvalue weighted by Gasteiger charge is -2.25. The van der Waals surface area contributed by atoms with Gasteiger partial charge in [0.1, 0.15) is 62.6 Å². The average Bonchev–Trinajstić information content (AvgIpc) is 3.37. The van der Waals surface area contributed by atoms with Gasteiger partial charge < -0.3 is 67.8 Å². The Balaban J connectivity index is 0.000000273. The van der Waals surface area contributed by atoms with E-state index in [0.717, 1.165) is 0 Å². The number of rotatable bonds is 11. The van der Waals surface area contributed by atoms with Gasteiger partial charge in [0, 0.05) is 7.11 Å². The third-order valence-corrected chi connectivity index (χ3v) is 9.68. The zero-order valence-electron chi connectivity index (χ0n) is 22.9. The Hall–Kier alpha value is -0.0200. The van der Waals surface area contributed by atoms with Crippen LogP contribution in [0.15, 0.2) is 0 Å². The van der Waals surface area contributed by atoms with Gasteiger partial charge in [0.2, 0.25) is 0 Å². The van der Waals surface area contributed by atoms with Crippen molar-refractivity contribution in [1.29, 1.82) is 0 Å². The highest BCUT2D eigenvalue weighted by Gasteiger charge is 2.55. The number of hydrogen-bond acceptors (Lipinski definition) is 14. The van der Waals surface area contributed by atoms with Crippen LogP contribution in [0.4, 0.5) is 0 Å². The quantitative estimate of drug-likeness (QED) is 0.187. The molecule has 0 aromatic heterocycles. The van der Waals surface area contributed by atoms with Crippen molar-refractivity contribution >= 4 is 14.3 Å². The summed E-state index contributed by atoms with van der Waals surface area (Å²) in [4.78, 5) is 0. The molecule has 0 aromatic carbocycles. The van der Waals surface area contributed by atoms with E-state index in [1.165, 1.54) is 13.3 Å². The molecule has 0 aliphatic carbocycles. The van der Waals surface area contributed by atoms with E-state index in [1.54, 1.807) is 20.4 Å². The van der Waals surface area contributed by atoms with Crippen LogP contribution in [0.1, 0.15) is 13.8 Å². The second-order valence-electron chi connectivity index (χ2n) is 10.7. The summed E-state index contributed by atoms with van der Waals surface area (Å²) >= 11 is 0. The highest BCUT2D eigenvalue weighted by Crippen LogP contribution is 2.44. The Morgan fingerprint density at radius 1 is 0.789 bits per heavy atom. The normalized spacial score (nSPS) is 36.4. The molecule has 16 heteroatoms. The van der Waals surface area contributed by atoms with Gasteiger partial charge in [-0.3, -0.25) is 0 Å². The fourth-order valence-corrected chi connectivity index (χ4v) is 5.78. The van der Waals surface area contributed by atoms with E-state index < -0.39 is 69.3 Å². The van der Waals surface area contributed by atoms with Crippen LogP contribution in [-0.4, -0.2) is 152 Å². The third-order valence-electron chi connectivity index (χ3n) is 6.28. The van der Waals surface area contributed by atoms with Crippen molar-refractivity contribution in [2.45, 2.75) is 80.5 Å². The molecule has 3 rings (SSSR count). The molecule has 3 saturated heterocycles. The Morgan fingerprint density at radius 3 is 1.66 bits per heavy atom. The van der Waals surface area contributed by atoms with Gasteiger partial charge in [0.25, 0.3) is 0 Å². The minimum atomic E-state index is -2.62. The summed E-state index contributed by atoms with van der Waals surface area (Å²) in [5.74, 6) is -2.24. The van der Waals surface area contributed by atoms with Gasteiger partial charge in [-0.2, -0.15) is 0 Å². The zero-order chi connectivity index (χ0) is 29.1. The molecule has 14 nitrogen and oxygen atoms in total. The molecule has 0 bridgehead atoms. The maximum atomic E-state index is 12.0. The average molecular weight is 595 g/mol. The molecule has 5 N–H and O–H groups in total. The van der Waals surface area contributed by atoms with E-state index in [4.69, 9.17) is 43.4 Å². The summed E-state index contributed by atoms with van der Waals surface area (Å²) in [6.45, 7) is 9.10. The summed E-state index contributed by atoms with van der Waals surface area (Å²) in [5.41, 5.74) is 0. The van der Waals surface area contributed by atoms with E-state index in [1.807, 2.05) is 13.8 Å². The Labute approximate surface area is 223 Å². The van der Waals surface area contributed by atoms with Crippen LogP contribution in [0.25, 0.3) is 0 Å². The number of aliphatic hydroxyl groups is 5. The number of hydrogen-bond donors (Lipinski definition) is 5. The molecule has 3 aliphatic rings. The van der Waals surface area contributed by atoms with Crippen molar-refractivity contribution in [1.82, 2.24) is 0 Å². The second-order valence-corrected chi connectivity index (χ2v) is 17.6. The number of methoxy groups -OCH3 is 1. The van der Waals surface area contributed by atoms with Gasteiger partial charge in [-0.1, -0.05) is 0 Å². The molecule has 0 aromatic rings. The van der Waals surface area contributed by atoms with E-state index in [0.29, 0.717) is 0 Å². The van der Waals surface area contributed by atoms with Gasteiger partial charge in [-0.05, 0) is 40.5 Å². The van der Waals surface area contributed by atoms with Gasteiger partial charge in [-0.25, -0.2) is 0 Å². The summed E-state index contributed by atoms with van der Waals surface area (Å²) in [6.07, 6.45) is -6.54. The number of fused-ring (bicyclic) bond motifs is 1. The summed E-state index contributed by atoms with van der Waals surface area (Å²) in [7, 11) is -3.61. The third kappa shape index (κ3) is 8.99. The molecule has 3 heterocycles. The maximum absolute atomic E-state index is 12.0. The van der Waals surface area contributed by atoms with Crippen LogP contribution in [0.5, 0.6) is 0 Å². The standard InChI is InChI=1S/C13H25O7P.C9H19O7P/c1-13(2)19-10-8(18-12(16-3)11(10)20-13)7-17-9(6-14)21(4,5)15;1-17(2,14)6(3-10)15-4-5-7(11)8(12)9(13)16-5/h8-12,14H,6-7H2,1-5H3;5-13H,3-4H2,1-2H3/t8-,9?,10-,11-,12?;5-,6?,7-,8-,9-/m11/s1. The van der Waals surface area contributed by atoms with Crippen molar-refractivity contribution in [2.24, 2.45) is 0 Å². The monoisotopic (exact) mass is 594 g/mol. The highest BCUT2D eigenvalue weighted by atomic mass is 31.2. The SMILES string of the molecule is COC1O[C@H](COC(CO)P(C)(C)=O)[C@H]2OC(C)(C)O[C@@H]12.CP(C)(=O)C(CO)OC[C@H]1O[C@@H](O)[C@H](O)[C@@H]1O. The highest BCUT2D eigenvalue weighted by molar-refractivity contribution is 7.63. The van der Waals surface area contributed by atoms with E-state index in [2.05, 4.69) is 0 Å². The van der Waals surface area contributed by atoms with Crippen LogP contribution in [0.3, 0.4) is 0 Å². The van der Waals surface area contributed by atoms with Crippen LogP contribution in [-0.2, 0) is 42.3 Å². The van der Waals surface area contributed by atoms with E-state index in [-0.39, 0.29) is 38.1 Å². The summed E-state index contributed by atoms with van der Waals surface area (Å²) < 4.78 is 61.9. The molecular weight excluding hydrogens is 550 g/mol. The van der Waals surface area contributed by atoms with Gasteiger partial charge in [0.05, 0.1) is 26.4 Å². The van der Waals surface area contributed by atoms with E-state index >= 15 is 0 Å². The van der Waals surface area contributed by atoms with Crippen LogP contribution >= 0.6 is 14.3 Å². The first-order valence-electron chi connectivity index (χ1n) is 12.2. The van der Waals surface area contributed by atoms with E-state index in [9.17, 15) is 24.4 Å². The van der Waals surface area contributed by atoms with Crippen LogP contribution < -0.4 is 0 Å². The Kier molecular flexibility index (Phi) is 12.4. The molecule has 10 atom stereocenters. The van der Waals surface area contributed by atoms with Crippen molar-refractivity contribution < 1.29 is 67.8 Å². The zero-order valence-corrected chi connectivity index (χ0v) is 24.7. The largest absolute Gasteiger partial charge is 0.393 e. The Morgan fingerprint density at radius 2 is 1.26 bits per heavy atom. The second kappa shape index (κ2) is 13.8. The molecule has 3 unspecified atom stereocenters. The number of aliphatic hydroxyl groups excluding tert-OH is 5. The lowest BCUT2D eigenvalue weighted by molar-refractivity contribution is -0.232. The fourth-order valence-electron chi connectivity index (χ4n) is 4.10. The molecule has 3 aliphatic heterocycles. The molecule has 0 amide bonds. The lowest BCUT2D eigenvalue weighted by Crippen LogP contribution is -2.35. The first kappa shape index (κ1) is 34.2. The van der Waals surface area contributed by atoms with Crippen LogP contribution in [0.2, 0.25) is 0 Å². The molecule has 0 radical (unpaired) electrons. The molecule has 0 saturated carbocycles. The lowest BCUT2D eigenvalue weighted by atomic mass is 10.1. The topological polar surface area (TPSA) is 200 Å². The van der Waals surface area contributed by atoms with Gasteiger partial charge in [-0.15, -0.1) is 0 Å². The predicted molar refractivity (Wildman–Crippen MR) is 135 cm³/mol. The minimum Gasteiger partial charge on any atom is -0.393 e. The molecular formula is C22H44O14P2. The summed E-state index contributed by atoms with van der Waals surface area (Å²) in [5, 5.41) is 46.1. The van der Waals surface area contributed by atoms with Crippen molar-refractivity contribution in [2.75, 3.05) is 60.2 Å². The van der Waals surface area contributed by atoms with Crippen molar-refractivity contribution in [3.63, 3.8) is 0 Å². The first-order chi connectivity index (χ1) is 17.4. The molecule has 3 fully saturated rings. The number of ether oxygens (including phenoxy) is 7. The fraction of sp³-hybridized carbons (Fsp3) is 1.00. The van der Waals surface area contributed by atoms with Crippen molar-refractivity contribution in [3.05, 3.63) is 0 Å². The molecule has 0 spiro atoms. The maximum Gasteiger partial charge on any atom is 0.186 e. The molecule has 38 heavy (non-hydrogen) atoms. The van der Waals surface area contributed by atoms with Gasteiger partial charge in [0.15, 0.2) is 18.4 Å². The Bertz CT molecular complexity index is 831. The minimum absolute atomic E-state index is 0.161. The smallest absolute Gasteiger partial charge is 0.186 e. The van der Waals surface area contributed by atoms with Crippen LogP contribution in [0, 0.1) is 0 Å². The summed E-state index contributed by atoms with van der Waals surface area (Å²) in [6, 6.07) is 0.